The number of allylic oxidation sites excluding steroid dienone is 1. The number of carbonyl (C=O) groups excluding carboxylic acids is 1. The number of phenolic OH excluding ortho intramolecular Hbond substituents is 1. The molecule has 6 N–H and O–H groups in total. The summed E-state index contributed by atoms with van der Waals surface area (Å²) >= 11 is 0. The smallest absolute Gasteiger partial charge is 0.341 e. The number of phenols is 1. The van der Waals surface area contributed by atoms with Gasteiger partial charge in [-0.1, -0.05) is 0 Å². The van der Waals surface area contributed by atoms with Crippen LogP contribution in [0.2, 0.25) is 0 Å². The zero-order chi connectivity index (χ0) is 37.9. The van der Waals surface area contributed by atoms with E-state index in [0.29, 0.717) is 73.3 Å². The number of aryl methyl sites for hydroxylation is 2. The van der Waals surface area contributed by atoms with Crippen molar-refractivity contribution in [2.24, 2.45) is 4.99 Å². The SMILES string of the molecule is CNCC[C@]1(C(=O)O[C@@H]2Cc3c(cc4oc(C)cc(=O)c4c3O)OC2(C)C)O[C@@H]1CCc1cc(N)nc(-c2cc(N)nc(CN3C=C4C=CN=C4C3)c2)c1. The highest BCUT2D eigenvalue weighted by Gasteiger charge is 2.63. The molecule has 0 aliphatic carbocycles. The normalized spacial score (nSPS) is 22.0. The number of hydrogen-bond donors (Lipinski definition) is 4. The zero-order valence-electron chi connectivity index (χ0n) is 30.6. The summed E-state index contributed by atoms with van der Waals surface area (Å²) in [5, 5.41) is 14.4. The van der Waals surface area contributed by atoms with Gasteiger partial charge in [0.2, 0.25) is 0 Å². The second kappa shape index (κ2) is 13.3. The highest BCUT2D eigenvalue weighted by molar-refractivity contribution is 6.07. The molecule has 0 spiro atoms. The number of esters is 1. The van der Waals surface area contributed by atoms with Crippen molar-refractivity contribution >= 4 is 34.3 Å². The maximum atomic E-state index is 14.0. The molecule has 3 atom stereocenters. The lowest BCUT2D eigenvalue weighted by Gasteiger charge is -2.39. The minimum atomic E-state index is -1.16. The first-order valence-electron chi connectivity index (χ1n) is 18.1. The van der Waals surface area contributed by atoms with Gasteiger partial charge in [0.25, 0.3) is 0 Å². The summed E-state index contributed by atoms with van der Waals surface area (Å²) in [6.45, 7) is 7.11. The van der Waals surface area contributed by atoms with Crippen molar-refractivity contribution in [1.82, 2.24) is 20.2 Å². The Kier molecular flexibility index (Phi) is 8.69. The number of nitrogens with one attached hydrogen (secondary N) is 1. The van der Waals surface area contributed by atoms with Gasteiger partial charge in [0.05, 0.1) is 36.3 Å². The summed E-state index contributed by atoms with van der Waals surface area (Å²) in [7, 11) is 1.81. The number of hydrogen-bond acceptors (Lipinski definition) is 14. The number of epoxide rings is 1. The van der Waals surface area contributed by atoms with E-state index in [0.717, 1.165) is 28.1 Å². The summed E-state index contributed by atoms with van der Waals surface area (Å²) in [5.74, 6) is 0.803. The largest absolute Gasteiger partial charge is 0.507 e. The molecule has 4 aliphatic heterocycles. The van der Waals surface area contributed by atoms with Crippen molar-refractivity contribution in [2.45, 2.75) is 76.4 Å². The number of benzene rings is 1. The average molecular weight is 734 g/mol. The molecule has 0 radical (unpaired) electrons. The maximum absolute atomic E-state index is 14.0. The third kappa shape index (κ3) is 6.56. The Balaban J connectivity index is 0.970. The number of aromatic nitrogens is 2. The first-order chi connectivity index (χ1) is 25.8. The van der Waals surface area contributed by atoms with Crippen molar-refractivity contribution in [3.63, 3.8) is 0 Å². The molecule has 4 aliphatic rings. The predicted octanol–water partition coefficient (Wildman–Crippen LogP) is 4.10. The lowest BCUT2D eigenvalue weighted by Crippen LogP contribution is -2.50. The van der Waals surface area contributed by atoms with Gasteiger partial charge in [-0.05, 0) is 83.1 Å². The van der Waals surface area contributed by atoms with Crippen molar-refractivity contribution in [3.8, 4) is 22.8 Å². The fourth-order valence-electron chi connectivity index (χ4n) is 7.66. The first-order valence-corrected chi connectivity index (χ1v) is 18.1. The fraction of sp³-hybridized carbons (Fsp3) is 0.375. The van der Waals surface area contributed by atoms with Gasteiger partial charge in [-0.2, -0.15) is 0 Å². The number of rotatable bonds is 11. The maximum Gasteiger partial charge on any atom is 0.341 e. The van der Waals surface area contributed by atoms with Gasteiger partial charge in [-0.3, -0.25) is 9.79 Å². The molecule has 1 aromatic carbocycles. The Bertz CT molecular complexity index is 2350. The molecule has 4 aromatic rings. The van der Waals surface area contributed by atoms with E-state index < -0.39 is 29.4 Å². The monoisotopic (exact) mass is 733 g/mol. The van der Waals surface area contributed by atoms with Crippen LogP contribution in [0.5, 0.6) is 11.5 Å². The lowest BCUT2D eigenvalue weighted by atomic mass is 9.89. The summed E-state index contributed by atoms with van der Waals surface area (Å²) in [6.07, 6.45) is 6.34. The quantitative estimate of drug-likeness (QED) is 0.127. The van der Waals surface area contributed by atoms with Crippen LogP contribution in [0.15, 0.2) is 74.7 Å². The fourth-order valence-corrected chi connectivity index (χ4v) is 7.66. The zero-order valence-corrected chi connectivity index (χ0v) is 30.6. The molecule has 14 heteroatoms. The van der Waals surface area contributed by atoms with E-state index in [2.05, 4.69) is 31.4 Å². The van der Waals surface area contributed by atoms with Crippen LogP contribution in [0.1, 0.15) is 49.3 Å². The van der Waals surface area contributed by atoms with Gasteiger partial charge in [0.1, 0.15) is 51.6 Å². The van der Waals surface area contributed by atoms with Crippen molar-refractivity contribution in [1.29, 1.82) is 0 Å². The number of ether oxygens (including phenoxy) is 3. The van der Waals surface area contributed by atoms with E-state index >= 15 is 0 Å². The molecule has 54 heavy (non-hydrogen) atoms. The van der Waals surface area contributed by atoms with Crippen LogP contribution in [0, 0.1) is 6.92 Å². The number of carbonyl (C=O) groups is 1. The number of fused-ring (bicyclic) bond motifs is 3. The van der Waals surface area contributed by atoms with E-state index in [-0.39, 0.29) is 28.6 Å². The minimum Gasteiger partial charge on any atom is -0.507 e. The molecule has 8 rings (SSSR count). The van der Waals surface area contributed by atoms with Crippen LogP contribution in [0.3, 0.4) is 0 Å². The molecule has 0 saturated carbocycles. The topological polar surface area (TPSA) is 204 Å². The summed E-state index contributed by atoms with van der Waals surface area (Å²) < 4.78 is 24.4. The summed E-state index contributed by atoms with van der Waals surface area (Å²) in [5.41, 5.74) is 16.0. The van der Waals surface area contributed by atoms with Gasteiger partial charge in [-0.25, -0.2) is 14.8 Å². The molecule has 1 saturated heterocycles. The number of aromatic hydroxyl groups is 1. The second-order valence-electron chi connectivity index (χ2n) is 14.9. The van der Waals surface area contributed by atoms with Crippen LogP contribution < -0.4 is 26.9 Å². The van der Waals surface area contributed by atoms with Crippen LogP contribution in [-0.4, -0.2) is 75.2 Å². The molecule has 0 unspecified atom stereocenters. The number of nitrogen functional groups attached to an aromatic ring is 2. The summed E-state index contributed by atoms with van der Waals surface area (Å²) in [6, 6.07) is 10.5. The molecule has 0 amide bonds. The van der Waals surface area contributed by atoms with Gasteiger partial charge >= 0.3 is 5.97 Å². The molecule has 3 aromatic heterocycles. The van der Waals surface area contributed by atoms with Crippen LogP contribution >= 0.6 is 0 Å². The highest BCUT2D eigenvalue weighted by Crippen LogP contribution is 2.47. The van der Waals surface area contributed by atoms with Gasteiger partial charge in [0.15, 0.2) is 11.0 Å². The molecule has 14 nitrogen and oxygen atoms in total. The Labute approximate surface area is 311 Å². The third-order valence-corrected chi connectivity index (χ3v) is 10.5. The van der Waals surface area contributed by atoms with Crippen molar-refractivity contribution in [3.05, 3.63) is 93.3 Å². The summed E-state index contributed by atoms with van der Waals surface area (Å²) in [4.78, 5) is 42.5. The van der Waals surface area contributed by atoms with E-state index in [1.807, 2.05) is 51.4 Å². The number of nitrogens with zero attached hydrogens (tertiary/aromatic N) is 4. The Hall–Kier alpha value is -5.73. The van der Waals surface area contributed by atoms with Crippen LogP contribution in [0.25, 0.3) is 22.2 Å². The number of aliphatic imine (C=N–C) groups is 1. The number of anilines is 2. The van der Waals surface area contributed by atoms with Gasteiger partial charge < -0.3 is 45.4 Å². The number of nitrogens with two attached hydrogens (primary N) is 2. The molecule has 7 heterocycles. The second-order valence-corrected chi connectivity index (χ2v) is 14.9. The van der Waals surface area contributed by atoms with Crippen LogP contribution in [-0.2, 0) is 33.7 Å². The van der Waals surface area contributed by atoms with E-state index in [1.165, 1.54) is 6.07 Å². The van der Waals surface area contributed by atoms with Crippen molar-refractivity contribution in [2.75, 3.05) is 31.6 Å². The Morgan fingerprint density at radius 2 is 1.94 bits per heavy atom. The molecule has 0 bridgehead atoms. The van der Waals surface area contributed by atoms with Crippen LogP contribution in [0.4, 0.5) is 11.6 Å². The molecule has 1 fully saturated rings. The van der Waals surface area contributed by atoms with E-state index in [4.69, 9.17) is 30.1 Å². The lowest BCUT2D eigenvalue weighted by molar-refractivity contribution is -0.167. The highest BCUT2D eigenvalue weighted by atomic mass is 16.7. The molecule has 280 valence electrons. The molecular formula is C40H43N7O7. The first kappa shape index (κ1) is 35.3. The minimum absolute atomic E-state index is 0.0621. The predicted molar refractivity (Wildman–Crippen MR) is 203 cm³/mol. The molecular weight excluding hydrogens is 690 g/mol. The van der Waals surface area contributed by atoms with E-state index in [9.17, 15) is 14.7 Å². The van der Waals surface area contributed by atoms with Crippen molar-refractivity contribution < 1.29 is 28.5 Å². The van der Waals surface area contributed by atoms with Gasteiger partial charge in [0, 0.05) is 54.1 Å². The Morgan fingerprint density at radius 3 is 2.74 bits per heavy atom. The van der Waals surface area contributed by atoms with E-state index in [1.54, 1.807) is 19.1 Å². The van der Waals surface area contributed by atoms with Gasteiger partial charge in [-0.15, -0.1) is 0 Å². The third-order valence-electron chi connectivity index (χ3n) is 10.5. The number of pyridine rings is 2. The Morgan fingerprint density at radius 1 is 1.13 bits per heavy atom. The average Bonchev–Trinajstić information content (AvgIpc) is 3.42. The standard InChI is InChI=1S/C40H43N7O7/c1-21-11-29(48)36-31(51-21)17-30-26(37(36)49)16-33(39(2,3)53-30)52-38(50)40(8-10-43-4)32(54-40)6-5-22-12-27(46-34(41)13-22)24-14-25(45-35(42)15-24)19-47-18-23-7-9-44-28(23)20-47/h7,9,11-15,17-18,32-33,43,49H,5-6,8,10,16,19-20H2,1-4H3,(H2,41,46)(H2,42,45)/t32-,33-,40+/m1/s1.